The average molecular weight is 339 g/mol. The lowest BCUT2D eigenvalue weighted by atomic mass is 10.0. The number of fused-ring (bicyclic) bond motifs is 1. The molecule has 0 fully saturated rings. The molecule has 1 aliphatic rings. The van der Waals surface area contributed by atoms with Crippen molar-refractivity contribution in [2.24, 2.45) is 0 Å². The van der Waals surface area contributed by atoms with E-state index < -0.39 is 0 Å². The smallest absolute Gasteiger partial charge is 0.228 e. The summed E-state index contributed by atoms with van der Waals surface area (Å²) in [5.74, 6) is 0.977. The van der Waals surface area contributed by atoms with Crippen LogP contribution in [0.2, 0.25) is 0 Å². The number of carbonyl (C=O) groups excluding carboxylic acids is 2. The number of rotatable bonds is 5. The predicted octanol–water partition coefficient (Wildman–Crippen LogP) is 3.14. The van der Waals surface area contributed by atoms with Crippen LogP contribution in [-0.2, 0) is 22.6 Å². The molecule has 1 amide bonds. The topological polar surface area (TPSA) is 55.2 Å². The molecule has 0 spiro atoms. The van der Waals surface area contributed by atoms with E-state index in [0.717, 1.165) is 41.2 Å². The molecule has 3 rings (SSSR count). The zero-order valence-electron chi connectivity index (χ0n) is 15.2. The molecule has 0 aliphatic carbocycles. The van der Waals surface area contributed by atoms with Crippen molar-refractivity contribution in [3.63, 3.8) is 0 Å². The van der Waals surface area contributed by atoms with Gasteiger partial charge in [0.15, 0.2) is 0 Å². The quantitative estimate of drug-likeness (QED) is 0.841. The van der Waals surface area contributed by atoms with E-state index in [0.29, 0.717) is 13.0 Å². The molecule has 1 aliphatic heterocycles. The first-order valence-corrected chi connectivity index (χ1v) is 8.86. The molecule has 1 aromatic heterocycles. The van der Waals surface area contributed by atoms with Crippen molar-refractivity contribution in [2.45, 2.75) is 53.0 Å². The number of anilines is 1. The Morgan fingerprint density at radius 3 is 2.44 bits per heavy atom. The number of ketones is 1. The second-order valence-electron chi connectivity index (χ2n) is 6.98. The minimum atomic E-state index is 0.00891. The molecule has 132 valence electrons. The van der Waals surface area contributed by atoms with Crippen molar-refractivity contribution in [3.8, 4) is 0 Å². The number of Topliss-reactive ketones (excluding diaryl/α,β-unsaturated/α-hetero) is 1. The first-order valence-electron chi connectivity index (χ1n) is 8.86. The zero-order chi connectivity index (χ0) is 18.0. The van der Waals surface area contributed by atoms with Gasteiger partial charge in [0.25, 0.3) is 0 Å². The SMILES string of the molecule is Cc1cc(C)cc(CC(=O)CCC(=O)N2CCCn3nc(C)cc32)c1. The van der Waals surface area contributed by atoms with Gasteiger partial charge in [-0.15, -0.1) is 0 Å². The summed E-state index contributed by atoms with van der Waals surface area (Å²) in [4.78, 5) is 26.6. The second-order valence-corrected chi connectivity index (χ2v) is 6.98. The van der Waals surface area contributed by atoms with Crippen molar-refractivity contribution in [2.75, 3.05) is 11.4 Å². The Labute approximate surface area is 148 Å². The predicted molar refractivity (Wildman–Crippen MR) is 97.8 cm³/mol. The Morgan fingerprint density at radius 2 is 1.72 bits per heavy atom. The molecule has 2 heterocycles. The van der Waals surface area contributed by atoms with E-state index in [1.807, 2.05) is 43.7 Å². The Kier molecular flexibility index (Phi) is 5.02. The third-order valence-electron chi connectivity index (χ3n) is 4.51. The number of hydrogen-bond acceptors (Lipinski definition) is 3. The highest BCUT2D eigenvalue weighted by atomic mass is 16.2. The fraction of sp³-hybridized carbons (Fsp3) is 0.450. The van der Waals surface area contributed by atoms with Crippen LogP contribution in [-0.4, -0.2) is 28.0 Å². The maximum atomic E-state index is 12.6. The molecule has 1 aromatic carbocycles. The van der Waals surface area contributed by atoms with Crippen LogP contribution in [0.15, 0.2) is 24.3 Å². The summed E-state index contributed by atoms with van der Waals surface area (Å²) in [5, 5.41) is 4.41. The largest absolute Gasteiger partial charge is 0.299 e. The fourth-order valence-electron chi connectivity index (χ4n) is 3.53. The minimum absolute atomic E-state index is 0.00891. The van der Waals surface area contributed by atoms with Crippen molar-refractivity contribution in [1.82, 2.24) is 9.78 Å². The van der Waals surface area contributed by atoms with Gasteiger partial charge < -0.3 is 0 Å². The van der Waals surface area contributed by atoms with E-state index in [1.54, 1.807) is 4.90 Å². The summed E-state index contributed by atoms with van der Waals surface area (Å²) in [6.07, 6.45) is 1.84. The third kappa shape index (κ3) is 4.16. The van der Waals surface area contributed by atoms with Crippen LogP contribution in [0.3, 0.4) is 0 Å². The molecular weight excluding hydrogens is 314 g/mol. The summed E-state index contributed by atoms with van der Waals surface area (Å²) >= 11 is 0. The van der Waals surface area contributed by atoms with Gasteiger partial charge in [-0.1, -0.05) is 29.3 Å². The highest BCUT2D eigenvalue weighted by Crippen LogP contribution is 2.22. The van der Waals surface area contributed by atoms with Gasteiger partial charge in [-0.2, -0.15) is 5.10 Å². The molecule has 25 heavy (non-hydrogen) atoms. The van der Waals surface area contributed by atoms with E-state index in [4.69, 9.17) is 0 Å². The maximum absolute atomic E-state index is 12.6. The maximum Gasteiger partial charge on any atom is 0.228 e. The molecule has 5 heteroatoms. The van der Waals surface area contributed by atoms with E-state index in [9.17, 15) is 9.59 Å². The van der Waals surface area contributed by atoms with Crippen LogP contribution < -0.4 is 4.90 Å². The van der Waals surface area contributed by atoms with Crippen LogP contribution >= 0.6 is 0 Å². The van der Waals surface area contributed by atoms with Gasteiger partial charge in [-0.25, -0.2) is 4.68 Å². The molecule has 0 atom stereocenters. The molecule has 0 N–H and O–H groups in total. The Balaban J connectivity index is 1.58. The molecule has 2 aromatic rings. The van der Waals surface area contributed by atoms with Crippen molar-refractivity contribution < 1.29 is 9.59 Å². The summed E-state index contributed by atoms with van der Waals surface area (Å²) in [5.41, 5.74) is 4.27. The highest BCUT2D eigenvalue weighted by Gasteiger charge is 2.24. The van der Waals surface area contributed by atoms with E-state index in [-0.39, 0.29) is 24.5 Å². The normalized spacial score (nSPS) is 13.6. The first kappa shape index (κ1) is 17.4. The lowest BCUT2D eigenvalue weighted by Gasteiger charge is -2.27. The number of aryl methyl sites for hydroxylation is 4. The average Bonchev–Trinajstić information content (AvgIpc) is 2.91. The van der Waals surface area contributed by atoms with E-state index in [1.165, 1.54) is 0 Å². The monoisotopic (exact) mass is 339 g/mol. The number of hydrogen-bond donors (Lipinski definition) is 0. The van der Waals surface area contributed by atoms with Gasteiger partial charge in [-0.05, 0) is 32.8 Å². The molecule has 0 bridgehead atoms. The van der Waals surface area contributed by atoms with Crippen molar-refractivity contribution in [3.05, 3.63) is 46.6 Å². The summed E-state index contributed by atoms with van der Waals surface area (Å²) in [6, 6.07) is 8.12. The number of aromatic nitrogens is 2. The van der Waals surface area contributed by atoms with Crippen LogP contribution in [0.25, 0.3) is 0 Å². The van der Waals surface area contributed by atoms with Gasteiger partial charge in [0.1, 0.15) is 11.6 Å². The van der Waals surface area contributed by atoms with E-state index >= 15 is 0 Å². The third-order valence-corrected chi connectivity index (χ3v) is 4.51. The van der Waals surface area contributed by atoms with Gasteiger partial charge in [0, 0.05) is 38.4 Å². The van der Waals surface area contributed by atoms with Crippen molar-refractivity contribution in [1.29, 1.82) is 0 Å². The molecule has 5 nitrogen and oxygen atoms in total. The number of carbonyl (C=O) groups is 2. The number of benzene rings is 1. The Bertz CT molecular complexity index is 787. The van der Waals surface area contributed by atoms with Crippen LogP contribution in [0.1, 0.15) is 41.6 Å². The van der Waals surface area contributed by atoms with Gasteiger partial charge in [-0.3, -0.25) is 14.5 Å². The van der Waals surface area contributed by atoms with Gasteiger partial charge >= 0.3 is 0 Å². The summed E-state index contributed by atoms with van der Waals surface area (Å²) < 4.78 is 1.88. The summed E-state index contributed by atoms with van der Waals surface area (Å²) in [7, 11) is 0. The molecule has 0 saturated carbocycles. The molecule has 0 radical (unpaired) electrons. The number of amides is 1. The van der Waals surface area contributed by atoms with Crippen LogP contribution in [0, 0.1) is 20.8 Å². The fourth-order valence-corrected chi connectivity index (χ4v) is 3.53. The van der Waals surface area contributed by atoms with Gasteiger partial charge in [0.2, 0.25) is 5.91 Å². The van der Waals surface area contributed by atoms with Crippen LogP contribution in [0.4, 0.5) is 5.82 Å². The Morgan fingerprint density at radius 1 is 1.00 bits per heavy atom. The van der Waals surface area contributed by atoms with Crippen molar-refractivity contribution >= 4 is 17.5 Å². The second kappa shape index (κ2) is 7.21. The Hall–Kier alpha value is -2.43. The number of nitrogens with zero attached hydrogens (tertiary/aromatic N) is 3. The lowest BCUT2D eigenvalue weighted by Crippen LogP contribution is -2.37. The molecular formula is C20H25N3O2. The standard InChI is InChI=1S/C20H25N3O2/c1-14-9-15(2)11-17(10-14)13-18(24)5-6-20(25)22-7-4-8-23-19(22)12-16(3)21-23/h9-12H,4-8,13H2,1-3H3. The van der Waals surface area contributed by atoms with Gasteiger partial charge in [0.05, 0.1) is 5.69 Å². The van der Waals surface area contributed by atoms with E-state index in [2.05, 4.69) is 11.2 Å². The minimum Gasteiger partial charge on any atom is -0.299 e. The molecule has 0 unspecified atom stereocenters. The van der Waals surface area contributed by atoms with Crippen LogP contribution in [0.5, 0.6) is 0 Å². The summed E-state index contributed by atoms with van der Waals surface area (Å²) in [6.45, 7) is 7.55. The highest BCUT2D eigenvalue weighted by molar-refractivity contribution is 5.95. The lowest BCUT2D eigenvalue weighted by molar-refractivity contribution is -0.123. The zero-order valence-corrected chi connectivity index (χ0v) is 15.2. The first-order chi connectivity index (χ1) is 11.9. The molecule has 0 saturated heterocycles.